The van der Waals surface area contributed by atoms with Crippen LogP contribution in [0.3, 0.4) is 0 Å². The van der Waals surface area contributed by atoms with Gasteiger partial charge in [-0.2, -0.15) is 5.10 Å². The summed E-state index contributed by atoms with van der Waals surface area (Å²) in [6.45, 7) is 7.32. The Morgan fingerprint density at radius 1 is 1.03 bits per heavy atom. The lowest BCUT2D eigenvalue weighted by Crippen LogP contribution is -2.31. The van der Waals surface area contributed by atoms with Gasteiger partial charge in [-0.25, -0.2) is 9.67 Å². The Morgan fingerprint density at radius 2 is 1.83 bits per heavy atom. The Kier molecular flexibility index (Phi) is 5.12. The lowest BCUT2D eigenvalue weighted by atomic mass is 10.1. The van der Waals surface area contributed by atoms with Gasteiger partial charge in [0.05, 0.1) is 18.3 Å². The van der Waals surface area contributed by atoms with Gasteiger partial charge in [-0.3, -0.25) is 4.79 Å². The van der Waals surface area contributed by atoms with Crippen LogP contribution in [0.4, 0.5) is 5.69 Å². The summed E-state index contributed by atoms with van der Waals surface area (Å²) in [4.78, 5) is 19.6. The quantitative estimate of drug-likeness (QED) is 0.498. The van der Waals surface area contributed by atoms with E-state index in [1.807, 2.05) is 54.9 Å². The molecule has 0 unspecified atom stereocenters. The van der Waals surface area contributed by atoms with Gasteiger partial charge < -0.3 is 4.90 Å². The molecular formula is C24H24N4O. The van der Waals surface area contributed by atoms with Crippen LogP contribution in [-0.4, -0.2) is 27.2 Å². The molecule has 5 heteroatoms. The fourth-order valence-corrected chi connectivity index (χ4v) is 3.65. The lowest BCUT2D eigenvalue weighted by molar-refractivity contribution is 0.0988. The van der Waals surface area contributed by atoms with Crippen LogP contribution in [-0.2, 0) is 6.54 Å². The number of aryl methyl sites for hydroxylation is 2. The van der Waals surface area contributed by atoms with Crippen LogP contribution in [0.15, 0.2) is 67.0 Å². The van der Waals surface area contributed by atoms with Crippen LogP contribution in [0, 0.1) is 13.8 Å². The number of carbonyl (C=O) groups excluding carboxylic acids is 1. The third kappa shape index (κ3) is 3.76. The number of hydrogen-bond donors (Lipinski definition) is 0. The lowest BCUT2D eigenvalue weighted by Gasteiger charge is -2.23. The van der Waals surface area contributed by atoms with Crippen LogP contribution in [0.2, 0.25) is 0 Å². The van der Waals surface area contributed by atoms with E-state index < -0.39 is 0 Å². The average Bonchev–Trinajstić information content (AvgIpc) is 3.12. The van der Waals surface area contributed by atoms with Crippen molar-refractivity contribution in [1.82, 2.24) is 14.8 Å². The highest BCUT2D eigenvalue weighted by atomic mass is 16.2. The van der Waals surface area contributed by atoms with E-state index >= 15 is 0 Å². The maximum Gasteiger partial charge on any atom is 0.259 e. The summed E-state index contributed by atoms with van der Waals surface area (Å²) in [5.41, 5.74) is 5.71. The fraction of sp³-hybridized carbons (Fsp3) is 0.208. The first kappa shape index (κ1) is 18.9. The molecule has 0 saturated heterocycles. The molecule has 29 heavy (non-hydrogen) atoms. The Bertz CT molecular complexity index is 1160. The number of nitrogens with zero attached hydrogens (tertiary/aromatic N) is 4. The van der Waals surface area contributed by atoms with Crippen molar-refractivity contribution in [3.05, 3.63) is 89.2 Å². The van der Waals surface area contributed by atoms with Gasteiger partial charge in [0, 0.05) is 23.8 Å². The molecule has 4 rings (SSSR count). The number of amides is 1. The molecule has 0 fully saturated rings. The van der Waals surface area contributed by atoms with E-state index in [0.717, 1.165) is 27.8 Å². The van der Waals surface area contributed by atoms with Crippen molar-refractivity contribution in [3.8, 4) is 0 Å². The summed E-state index contributed by atoms with van der Waals surface area (Å²) in [7, 11) is 0. The van der Waals surface area contributed by atoms with E-state index in [-0.39, 0.29) is 5.91 Å². The first-order valence-corrected chi connectivity index (χ1v) is 9.81. The second-order valence-electron chi connectivity index (χ2n) is 7.26. The molecule has 0 saturated carbocycles. The smallest absolute Gasteiger partial charge is 0.259 e. The summed E-state index contributed by atoms with van der Waals surface area (Å²) in [6, 6.07) is 18.2. The molecule has 1 amide bonds. The van der Waals surface area contributed by atoms with Gasteiger partial charge in [0.15, 0.2) is 5.65 Å². The minimum atomic E-state index is -0.0512. The molecule has 146 valence electrons. The Morgan fingerprint density at radius 3 is 2.55 bits per heavy atom. The van der Waals surface area contributed by atoms with E-state index in [9.17, 15) is 4.79 Å². The molecule has 2 heterocycles. The summed E-state index contributed by atoms with van der Waals surface area (Å²) in [5.74, 6) is -0.0512. The molecule has 2 aromatic heterocycles. The van der Waals surface area contributed by atoms with Gasteiger partial charge in [0.2, 0.25) is 0 Å². The summed E-state index contributed by atoms with van der Waals surface area (Å²) >= 11 is 0. The Balaban J connectivity index is 1.64. The highest BCUT2D eigenvalue weighted by Gasteiger charge is 2.19. The minimum Gasteiger partial charge on any atom is -0.308 e. The first-order valence-electron chi connectivity index (χ1n) is 9.81. The number of aromatic nitrogens is 3. The van der Waals surface area contributed by atoms with Crippen molar-refractivity contribution < 1.29 is 4.79 Å². The maximum atomic E-state index is 13.2. The standard InChI is InChI=1S/C24H24N4O/c1-4-27(22-11-10-17(2)12-18(22)3)24(29)21-13-20-15-26-28(23(20)25-14-21)16-19-8-6-5-7-9-19/h5-15H,4,16H2,1-3H3. The van der Waals surface area contributed by atoms with E-state index in [1.165, 1.54) is 5.56 Å². The molecule has 0 bridgehead atoms. The highest BCUT2D eigenvalue weighted by Crippen LogP contribution is 2.24. The second-order valence-corrected chi connectivity index (χ2v) is 7.26. The van der Waals surface area contributed by atoms with E-state index in [4.69, 9.17) is 0 Å². The predicted octanol–water partition coefficient (Wildman–Crippen LogP) is 4.76. The number of rotatable bonds is 5. The molecule has 2 aromatic carbocycles. The molecule has 0 aliphatic carbocycles. The number of pyridine rings is 1. The maximum absolute atomic E-state index is 13.2. The van der Waals surface area contributed by atoms with Gasteiger partial charge in [-0.1, -0.05) is 48.0 Å². The Labute approximate surface area is 170 Å². The second kappa shape index (κ2) is 7.87. The Hall–Kier alpha value is -3.47. The number of carbonyl (C=O) groups is 1. The largest absolute Gasteiger partial charge is 0.308 e. The molecule has 0 aliphatic rings. The highest BCUT2D eigenvalue weighted by molar-refractivity contribution is 6.07. The topological polar surface area (TPSA) is 51.0 Å². The zero-order chi connectivity index (χ0) is 20.4. The van der Waals surface area contributed by atoms with Crippen LogP contribution < -0.4 is 4.90 Å². The third-order valence-corrected chi connectivity index (χ3v) is 5.10. The van der Waals surface area contributed by atoms with Crippen LogP contribution in [0.1, 0.15) is 34.0 Å². The SMILES string of the molecule is CCN(C(=O)c1cnc2c(cnn2Cc2ccccc2)c1)c1ccc(C)cc1C. The van der Waals surface area contributed by atoms with Crippen LogP contribution in [0.5, 0.6) is 0 Å². The number of fused-ring (bicyclic) bond motifs is 1. The van der Waals surface area contributed by atoms with E-state index in [2.05, 4.69) is 35.2 Å². The normalized spacial score (nSPS) is 11.0. The summed E-state index contributed by atoms with van der Waals surface area (Å²) in [5, 5.41) is 5.33. The van der Waals surface area contributed by atoms with Gasteiger partial charge in [0.1, 0.15) is 0 Å². The van der Waals surface area contributed by atoms with Crippen molar-refractivity contribution in [1.29, 1.82) is 0 Å². The third-order valence-electron chi connectivity index (χ3n) is 5.10. The van der Waals surface area contributed by atoms with Crippen molar-refractivity contribution >= 4 is 22.6 Å². The van der Waals surface area contributed by atoms with Gasteiger partial charge in [-0.05, 0) is 44.0 Å². The summed E-state index contributed by atoms with van der Waals surface area (Å²) < 4.78 is 1.86. The first-order chi connectivity index (χ1) is 14.1. The number of benzene rings is 2. The van der Waals surface area contributed by atoms with Crippen LogP contribution >= 0.6 is 0 Å². The summed E-state index contributed by atoms with van der Waals surface area (Å²) in [6.07, 6.45) is 3.43. The van der Waals surface area contributed by atoms with Crippen molar-refractivity contribution in [2.75, 3.05) is 11.4 Å². The molecule has 0 aliphatic heterocycles. The number of anilines is 1. The minimum absolute atomic E-state index is 0.0512. The monoisotopic (exact) mass is 384 g/mol. The van der Waals surface area contributed by atoms with Gasteiger partial charge in [-0.15, -0.1) is 0 Å². The van der Waals surface area contributed by atoms with E-state index in [1.54, 1.807) is 17.3 Å². The van der Waals surface area contributed by atoms with Crippen LogP contribution in [0.25, 0.3) is 11.0 Å². The molecule has 0 spiro atoms. The number of hydrogen-bond acceptors (Lipinski definition) is 3. The average molecular weight is 384 g/mol. The molecule has 0 atom stereocenters. The zero-order valence-corrected chi connectivity index (χ0v) is 17.0. The predicted molar refractivity (Wildman–Crippen MR) is 116 cm³/mol. The fourth-order valence-electron chi connectivity index (χ4n) is 3.65. The molecule has 5 nitrogen and oxygen atoms in total. The van der Waals surface area contributed by atoms with Gasteiger partial charge >= 0.3 is 0 Å². The van der Waals surface area contributed by atoms with E-state index in [0.29, 0.717) is 18.7 Å². The van der Waals surface area contributed by atoms with Crippen molar-refractivity contribution in [2.24, 2.45) is 0 Å². The van der Waals surface area contributed by atoms with Crippen molar-refractivity contribution in [2.45, 2.75) is 27.3 Å². The molecule has 4 aromatic rings. The molecule has 0 N–H and O–H groups in total. The van der Waals surface area contributed by atoms with Crippen molar-refractivity contribution in [3.63, 3.8) is 0 Å². The molecule has 0 radical (unpaired) electrons. The molecular weight excluding hydrogens is 360 g/mol. The van der Waals surface area contributed by atoms with Gasteiger partial charge in [0.25, 0.3) is 5.91 Å². The zero-order valence-electron chi connectivity index (χ0n) is 17.0.